The molecule has 8 nitrogen and oxygen atoms in total. The molecule has 8 heteroatoms. The molecular formula is C18H21N5O3. The van der Waals surface area contributed by atoms with Crippen molar-refractivity contribution in [2.45, 2.75) is 13.2 Å². The average molecular weight is 355 g/mol. The molecule has 1 aromatic heterocycles. The molecule has 26 heavy (non-hydrogen) atoms. The van der Waals surface area contributed by atoms with Crippen LogP contribution < -0.4 is 15.2 Å². The summed E-state index contributed by atoms with van der Waals surface area (Å²) in [7, 11) is 5.13. The molecule has 0 spiro atoms. The molecule has 0 saturated carbocycles. The maximum atomic E-state index is 12.5. The molecule has 0 amide bonds. The summed E-state index contributed by atoms with van der Waals surface area (Å²) in [5.74, 6) is 1.46. The molecule has 0 fully saturated rings. The van der Waals surface area contributed by atoms with Crippen LogP contribution in [0.2, 0.25) is 0 Å². The summed E-state index contributed by atoms with van der Waals surface area (Å²) in [5, 5.41) is 7.92. The molecule has 0 saturated heterocycles. The summed E-state index contributed by atoms with van der Waals surface area (Å²) < 4.78 is 13.2. The number of tetrazole rings is 1. The minimum absolute atomic E-state index is 0.287. The van der Waals surface area contributed by atoms with E-state index in [9.17, 15) is 4.79 Å². The third kappa shape index (κ3) is 3.75. The Morgan fingerprint density at radius 3 is 2.50 bits per heavy atom. The Balaban J connectivity index is 1.74. The number of ether oxygens (including phenoxy) is 2. The number of hydrogen-bond acceptors (Lipinski definition) is 6. The fraction of sp³-hybridized carbons (Fsp3) is 0.278. The van der Waals surface area contributed by atoms with Crippen LogP contribution in [-0.4, -0.2) is 46.0 Å². The van der Waals surface area contributed by atoms with Crippen LogP contribution in [0.3, 0.4) is 0 Å². The smallest absolute Gasteiger partial charge is 0.369 e. The molecule has 0 aliphatic heterocycles. The van der Waals surface area contributed by atoms with Crippen LogP contribution in [0.1, 0.15) is 5.56 Å². The topological polar surface area (TPSA) is 74.4 Å². The van der Waals surface area contributed by atoms with E-state index in [2.05, 4.69) is 10.4 Å². The highest BCUT2D eigenvalue weighted by atomic mass is 16.5. The van der Waals surface area contributed by atoms with Gasteiger partial charge < -0.3 is 9.47 Å². The Hall–Kier alpha value is -3.13. The van der Waals surface area contributed by atoms with Crippen LogP contribution in [0.4, 0.5) is 0 Å². The van der Waals surface area contributed by atoms with E-state index in [0.29, 0.717) is 18.9 Å². The van der Waals surface area contributed by atoms with Gasteiger partial charge in [0.1, 0.15) is 18.2 Å². The number of hydrogen-bond donors (Lipinski definition) is 0. The van der Waals surface area contributed by atoms with Crippen LogP contribution in [0.5, 0.6) is 11.5 Å². The summed E-state index contributed by atoms with van der Waals surface area (Å²) in [5.41, 5.74) is 1.38. The Morgan fingerprint density at radius 1 is 1.04 bits per heavy atom. The van der Waals surface area contributed by atoms with Gasteiger partial charge in [-0.3, -0.25) is 4.90 Å². The van der Waals surface area contributed by atoms with Gasteiger partial charge in [0.25, 0.3) is 0 Å². The van der Waals surface area contributed by atoms with E-state index in [4.69, 9.17) is 9.47 Å². The van der Waals surface area contributed by atoms with Gasteiger partial charge >= 0.3 is 5.69 Å². The third-order valence-electron chi connectivity index (χ3n) is 3.95. The molecule has 0 bridgehead atoms. The number of para-hydroxylation sites is 1. The van der Waals surface area contributed by atoms with Crippen molar-refractivity contribution >= 4 is 0 Å². The number of rotatable bonds is 7. The zero-order valence-electron chi connectivity index (χ0n) is 15.0. The highest BCUT2D eigenvalue weighted by Gasteiger charge is 2.12. The lowest BCUT2D eigenvalue weighted by atomic mass is 10.2. The van der Waals surface area contributed by atoms with Crippen molar-refractivity contribution in [1.29, 1.82) is 0 Å². The fourth-order valence-corrected chi connectivity index (χ4v) is 2.65. The second kappa shape index (κ2) is 7.83. The zero-order valence-corrected chi connectivity index (χ0v) is 15.0. The van der Waals surface area contributed by atoms with Gasteiger partial charge in [0, 0.05) is 18.2 Å². The maximum Gasteiger partial charge on any atom is 0.369 e. The van der Waals surface area contributed by atoms with E-state index in [1.807, 2.05) is 60.5 Å². The highest BCUT2D eigenvalue weighted by Crippen LogP contribution is 2.25. The minimum Gasteiger partial charge on any atom is -0.497 e. The van der Waals surface area contributed by atoms with Crippen molar-refractivity contribution in [2.24, 2.45) is 0 Å². The molecule has 3 rings (SSSR count). The summed E-state index contributed by atoms with van der Waals surface area (Å²) in [4.78, 5) is 14.5. The first-order valence-electron chi connectivity index (χ1n) is 8.10. The van der Waals surface area contributed by atoms with Crippen LogP contribution in [-0.2, 0) is 13.2 Å². The van der Waals surface area contributed by atoms with Crippen molar-refractivity contribution in [3.8, 4) is 17.2 Å². The van der Waals surface area contributed by atoms with Crippen molar-refractivity contribution in [3.05, 3.63) is 64.6 Å². The average Bonchev–Trinajstić information content (AvgIpc) is 3.03. The molecule has 0 aliphatic rings. The van der Waals surface area contributed by atoms with Gasteiger partial charge in [-0.25, -0.2) is 4.79 Å². The van der Waals surface area contributed by atoms with Gasteiger partial charge in [-0.05, 0) is 35.7 Å². The van der Waals surface area contributed by atoms with Crippen LogP contribution in [0.15, 0.2) is 53.3 Å². The second-order valence-electron chi connectivity index (χ2n) is 5.84. The summed E-state index contributed by atoms with van der Waals surface area (Å²) >= 11 is 0. The fourth-order valence-electron chi connectivity index (χ4n) is 2.65. The zero-order chi connectivity index (χ0) is 18.5. The minimum atomic E-state index is -0.287. The number of methoxy groups -OCH3 is 2. The van der Waals surface area contributed by atoms with E-state index >= 15 is 0 Å². The van der Waals surface area contributed by atoms with E-state index in [1.54, 1.807) is 14.2 Å². The van der Waals surface area contributed by atoms with Gasteiger partial charge in [-0.1, -0.05) is 24.3 Å². The molecule has 136 valence electrons. The predicted molar refractivity (Wildman–Crippen MR) is 96.6 cm³/mol. The largest absolute Gasteiger partial charge is 0.497 e. The molecule has 0 unspecified atom stereocenters. The third-order valence-corrected chi connectivity index (χ3v) is 3.95. The molecule has 0 aliphatic carbocycles. The van der Waals surface area contributed by atoms with E-state index in [-0.39, 0.29) is 5.69 Å². The SMILES string of the molecule is COc1ccc(CN(C)Cn2nnn(-c3ccccc3)c2=O)c(OC)c1. The van der Waals surface area contributed by atoms with Crippen molar-refractivity contribution in [2.75, 3.05) is 21.3 Å². The Labute approximate surface area is 151 Å². The van der Waals surface area contributed by atoms with Crippen LogP contribution in [0, 0.1) is 0 Å². The van der Waals surface area contributed by atoms with Gasteiger partial charge in [0.05, 0.1) is 19.9 Å². The molecule has 3 aromatic rings. The monoisotopic (exact) mass is 355 g/mol. The Kier molecular flexibility index (Phi) is 5.33. The van der Waals surface area contributed by atoms with Gasteiger partial charge in [0.2, 0.25) is 0 Å². The summed E-state index contributed by atoms with van der Waals surface area (Å²) in [6.45, 7) is 0.888. The molecule has 0 atom stereocenters. The van der Waals surface area contributed by atoms with Crippen molar-refractivity contribution in [1.82, 2.24) is 24.7 Å². The first-order chi connectivity index (χ1) is 12.6. The maximum absolute atomic E-state index is 12.5. The van der Waals surface area contributed by atoms with E-state index < -0.39 is 0 Å². The standard InChI is InChI=1S/C18H21N5O3/c1-21(12-14-9-10-16(25-2)11-17(14)26-3)13-22-18(24)23(20-19-22)15-7-5-4-6-8-15/h4-11H,12-13H2,1-3H3. The van der Waals surface area contributed by atoms with Crippen LogP contribution >= 0.6 is 0 Å². The molecule has 0 radical (unpaired) electrons. The predicted octanol–water partition coefficient (Wildman–Crippen LogP) is 1.54. The Bertz CT molecular complexity index is 920. The van der Waals surface area contributed by atoms with Gasteiger partial charge in [0.15, 0.2) is 0 Å². The second-order valence-corrected chi connectivity index (χ2v) is 5.84. The lowest BCUT2D eigenvalue weighted by Gasteiger charge is -2.18. The molecule has 2 aromatic carbocycles. The number of nitrogens with zero attached hydrogens (tertiary/aromatic N) is 5. The van der Waals surface area contributed by atoms with E-state index in [0.717, 1.165) is 17.1 Å². The van der Waals surface area contributed by atoms with Gasteiger partial charge in [-0.2, -0.15) is 9.36 Å². The first kappa shape index (κ1) is 17.7. The lowest BCUT2D eigenvalue weighted by molar-refractivity contribution is 0.236. The Morgan fingerprint density at radius 2 is 1.81 bits per heavy atom. The molecular weight excluding hydrogens is 334 g/mol. The summed E-state index contributed by atoms with van der Waals surface area (Å²) in [6.07, 6.45) is 0. The van der Waals surface area contributed by atoms with Gasteiger partial charge in [-0.15, -0.1) is 0 Å². The van der Waals surface area contributed by atoms with Crippen LogP contribution in [0.25, 0.3) is 5.69 Å². The number of aromatic nitrogens is 4. The van der Waals surface area contributed by atoms with Crippen molar-refractivity contribution in [3.63, 3.8) is 0 Å². The van der Waals surface area contributed by atoms with E-state index in [1.165, 1.54) is 9.36 Å². The lowest BCUT2D eigenvalue weighted by Crippen LogP contribution is -2.31. The molecule has 1 heterocycles. The summed E-state index contributed by atoms with van der Waals surface area (Å²) in [6, 6.07) is 14.9. The molecule has 0 N–H and O–H groups in total. The quantitative estimate of drug-likeness (QED) is 0.640. The van der Waals surface area contributed by atoms with Crippen molar-refractivity contribution < 1.29 is 9.47 Å². The highest BCUT2D eigenvalue weighted by molar-refractivity contribution is 5.40. The first-order valence-corrected chi connectivity index (χ1v) is 8.10. The number of benzene rings is 2. The normalized spacial score (nSPS) is 10.9.